The van der Waals surface area contributed by atoms with E-state index in [1.807, 2.05) is 18.2 Å². The topological polar surface area (TPSA) is 101 Å². The van der Waals surface area contributed by atoms with E-state index in [0.717, 1.165) is 37.0 Å². The molecule has 1 N–H and O–H groups in total. The highest BCUT2D eigenvalue weighted by Crippen LogP contribution is 2.32. The van der Waals surface area contributed by atoms with Crippen molar-refractivity contribution in [3.05, 3.63) is 65.9 Å². The van der Waals surface area contributed by atoms with Crippen molar-refractivity contribution < 1.29 is 13.2 Å². The lowest BCUT2D eigenvalue weighted by molar-refractivity contribution is -0.134. The van der Waals surface area contributed by atoms with Gasteiger partial charge in [-0.25, -0.2) is 8.42 Å². The van der Waals surface area contributed by atoms with Crippen molar-refractivity contribution in [1.29, 1.82) is 5.26 Å². The predicted molar refractivity (Wildman–Crippen MR) is 133 cm³/mol. The van der Waals surface area contributed by atoms with Crippen molar-refractivity contribution in [1.82, 2.24) is 19.1 Å². The Hall–Kier alpha value is -3.19. The summed E-state index contributed by atoms with van der Waals surface area (Å²) < 4.78 is 27.6. The van der Waals surface area contributed by atoms with Crippen LogP contribution in [0.5, 0.6) is 0 Å². The Bertz CT molecular complexity index is 1340. The molecule has 8 nitrogen and oxygen atoms in total. The molecular weight excluding hydrogens is 462 g/mol. The Labute approximate surface area is 205 Å². The molecule has 5 rings (SSSR count). The lowest BCUT2D eigenvalue weighted by Gasteiger charge is -2.38. The number of hydrogen-bond acceptors (Lipinski definition) is 5. The van der Waals surface area contributed by atoms with Crippen molar-refractivity contribution in [2.24, 2.45) is 0 Å². The van der Waals surface area contributed by atoms with Crippen LogP contribution in [0.25, 0.3) is 10.9 Å². The van der Waals surface area contributed by atoms with Gasteiger partial charge in [0, 0.05) is 37.4 Å². The molecule has 2 saturated heterocycles. The van der Waals surface area contributed by atoms with Crippen LogP contribution < -0.4 is 0 Å². The van der Waals surface area contributed by atoms with Crippen LogP contribution in [-0.2, 0) is 14.8 Å². The summed E-state index contributed by atoms with van der Waals surface area (Å²) in [6, 6.07) is 18.8. The number of rotatable bonds is 5. The molecule has 3 aromatic rings. The van der Waals surface area contributed by atoms with Crippen LogP contribution in [0, 0.1) is 11.3 Å². The lowest BCUT2D eigenvalue weighted by atomic mass is 9.99. The highest BCUT2D eigenvalue weighted by molar-refractivity contribution is 7.89. The minimum absolute atomic E-state index is 0.0248. The number of sulfonamides is 1. The van der Waals surface area contributed by atoms with Gasteiger partial charge in [-0.15, -0.1) is 0 Å². The van der Waals surface area contributed by atoms with Gasteiger partial charge in [0.15, 0.2) is 0 Å². The van der Waals surface area contributed by atoms with E-state index in [1.54, 1.807) is 17.0 Å². The fourth-order valence-corrected chi connectivity index (χ4v) is 6.75. The summed E-state index contributed by atoms with van der Waals surface area (Å²) in [7, 11) is -3.78. The molecule has 2 aliphatic heterocycles. The molecular formula is C26H29N5O3S. The van der Waals surface area contributed by atoms with Crippen molar-refractivity contribution in [3.8, 4) is 6.07 Å². The average Bonchev–Trinajstić information content (AvgIpc) is 3.33. The molecule has 0 aliphatic carbocycles. The second-order valence-corrected chi connectivity index (χ2v) is 11.1. The van der Waals surface area contributed by atoms with Gasteiger partial charge in [0.25, 0.3) is 0 Å². The zero-order valence-corrected chi connectivity index (χ0v) is 20.4. The summed E-state index contributed by atoms with van der Waals surface area (Å²) in [5, 5.41) is 10.5. The van der Waals surface area contributed by atoms with E-state index < -0.39 is 10.0 Å². The summed E-state index contributed by atoms with van der Waals surface area (Å²) in [6.07, 6.45) is 3.20. The van der Waals surface area contributed by atoms with Crippen molar-refractivity contribution in [3.63, 3.8) is 0 Å². The molecule has 1 aromatic heterocycles. The first kappa shape index (κ1) is 23.5. The Balaban J connectivity index is 1.24. The summed E-state index contributed by atoms with van der Waals surface area (Å²) in [5.41, 5.74) is 2.39. The van der Waals surface area contributed by atoms with Crippen LogP contribution in [0.3, 0.4) is 0 Å². The van der Waals surface area contributed by atoms with Crippen LogP contribution in [0.2, 0.25) is 0 Å². The van der Waals surface area contributed by atoms with Gasteiger partial charge in [-0.2, -0.15) is 9.57 Å². The Morgan fingerprint density at radius 1 is 1.00 bits per heavy atom. The normalized spacial score (nSPS) is 20.1. The number of carbonyl (C=O) groups is 1. The number of carbonyl (C=O) groups excluding carboxylic acids is 1. The van der Waals surface area contributed by atoms with E-state index in [4.69, 9.17) is 0 Å². The number of aromatic amines is 1. The van der Waals surface area contributed by atoms with Gasteiger partial charge < -0.3 is 9.88 Å². The molecule has 3 heterocycles. The maximum absolute atomic E-state index is 13.2. The first-order valence-corrected chi connectivity index (χ1v) is 13.5. The van der Waals surface area contributed by atoms with Gasteiger partial charge in [0.1, 0.15) is 6.07 Å². The molecule has 2 aliphatic rings. The van der Waals surface area contributed by atoms with E-state index >= 15 is 0 Å². The van der Waals surface area contributed by atoms with Crippen LogP contribution in [0.4, 0.5) is 0 Å². The number of likely N-dealkylation sites (tertiary alicyclic amines) is 1. The zero-order chi connectivity index (χ0) is 24.4. The van der Waals surface area contributed by atoms with Gasteiger partial charge in [0.05, 0.1) is 23.0 Å². The minimum atomic E-state index is -3.78. The number of benzene rings is 2. The second-order valence-electron chi connectivity index (χ2n) is 9.19. The van der Waals surface area contributed by atoms with Gasteiger partial charge >= 0.3 is 0 Å². The number of nitrogens with one attached hydrogen (secondary N) is 1. The average molecular weight is 492 g/mol. The Morgan fingerprint density at radius 2 is 1.74 bits per heavy atom. The number of piperazine rings is 1. The minimum Gasteiger partial charge on any atom is -0.357 e. The van der Waals surface area contributed by atoms with E-state index in [9.17, 15) is 18.5 Å². The van der Waals surface area contributed by atoms with E-state index in [-0.39, 0.29) is 35.5 Å². The maximum atomic E-state index is 13.2. The number of fused-ring (bicyclic) bond motifs is 1. The van der Waals surface area contributed by atoms with Crippen LogP contribution >= 0.6 is 0 Å². The van der Waals surface area contributed by atoms with Gasteiger partial charge in [-0.05, 0) is 49.0 Å². The van der Waals surface area contributed by atoms with Gasteiger partial charge in [-0.1, -0.05) is 36.8 Å². The smallest absolute Gasteiger partial charge is 0.244 e. The SMILES string of the molecule is N#Cc1ccccc1S(=O)(=O)N1CCN(C(=O)CN2CCCCC2c2cc3ccccc3[nH]2)CC1. The molecule has 35 heavy (non-hydrogen) atoms. The fraction of sp³-hybridized carbons (Fsp3) is 0.385. The van der Waals surface area contributed by atoms with Crippen LogP contribution in [-0.4, -0.2) is 72.7 Å². The van der Waals surface area contributed by atoms with E-state index in [2.05, 4.69) is 28.1 Å². The molecule has 9 heteroatoms. The fourth-order valence-electron chi connectivity index (χ4n) is 5.18. The summed E-state index contributed by atoms with van der Waals surface area (Å²) >= 11 is 0. The molecule has 0 radical (unpaired) electrons. The molecule has 2 aromatic carbocycles. The zero-order valence-electron chi connectivity index (χ0n) is 19.6. The van der Waals surface area contributed by atoms with Crippen molar-refractivity contribution in [2.45, 2.75) is 30.2 Å². The standard InChI is InChI=1S/C26H29N5O3S/c27-18-21-8-2-4-11-25(21)35(33,34)31-15-13-29(14-16-31)26(32)19-30-12-6-5-10-24(30)23-17-20-7-1-3-9-22(20)28-23/h1-4,7-9,11,17,24,28H,5-6,10,12-16,19H2. The number of hydrogen-bond donors (Lipinski definition) is 1. The van der Waals surface area contributed by atoms with E-state index in [1.165, 1.54) is 21.8 Å². The highest BCUT2D eigenvalue weighted by Gasteiger charge is 2.33. The molecule has 1 atom stereocenters. The summed E-state index contributed by atoms with van der Waals surface area (Å²) in [5.74, 6) is 0.0301. The number of piperidine rings is 1. The molecule has 2 fully saturated rings. The number of H-pyrrole nitrogens is 1. The van der Waals surface area contributed by atoms with Gasteiger partial charge in [-0.3, -0.25) is 9.69 Å². The van der Waals surface area contributed by atoms with E-state index in [0.29, 0.717) is 19.6 Å². The number of amides is 1. The first-order valence-electron chi connectivity index (χ1n) is 12.1. The van der Waals surface area contributed by atoms with Crippen LogP contribution in [0.1, 0.15) is 36.6 Å². The maximum Gasteiger partial charge on any atom is 0.244 e. The number of para-hydroxylation sites is 1. The monoisotopic (exact) mass is 491 g/mol. The summed E-state index contributed by atoms with van der Waals surface area (Å²) in [6.45, 7) is 2.32. The summed E-state index contributed by atoms with van der Waals surface area (Å²) in [4.78, 5) is 20.8. The number of nitrogens with zero attached hydrogens (tertiary/aromatic N) is 4. The van der Waals surface area contributed by atoms with Gasteiger partial charge in [0.2, 0.25) is 15.9 Å². The third-order valence-corrected chi connectivity index (χ3v) is 9.04. The number of nitriles is 1. The molecule has 0 bridgehead atoms. The molecule has 182 valence electrons. The molecule has 0 spiro atoms. The number of aromatic nitrogens is 1. The first-order chi connectivity index (χ1) is 17.0. The predicted octanol–water partition coefficient (Wildman–Crippen LogP) is 3.10. The Morgan fingerprint density at radius 3 is 2.51 bits per heavy atom. The largest absolute Gasteiger partial charge is 0.357 e. The lowest BCUT2D eigenvalue weighted by Crippen LogP contribution is -2.53. The highest BCUT2D eigenvalue weighted by atomic mass is 32.2. The van der Waals surface area contributed by atoms with Crippen molar-refractivity contribution in [2.75, 3.05) is 39.3 Å². The van der Waals surface area contributed by atoms with Crippen LogP contribution in [0.15, 0.2) is 59.5 Å². The second kappa shape index (κ2) is 9.82. The van der Waals surface area contributed by atoms with Crippen molar-refractivity contribution >= 4 is 26.8 Å². The Kier molecular flexibility index (Phi) is 6.60. The molecule has 1 amide bonds. The third kappa shape index (κ3) is 4.69. The molecule has 0 saturated carbocycles. The molecule has 1 unspecified atom stereocenters. The quantitative estimate of drug-likeness (QED) is 0.591. The third-order valence-electron chi connectivity index (χ3n) is 7.08.